The molecule has 206 valence electrons. The van der Waals surface area contributed by atoms with Gasteiger partial charge in [0.05, 0.1) is 12.3 Å². The minimum atomic E-state index is -1.81. The van der Waals surface area contributed by atoms with E-state index in [1.54, 1.807) is 7.11 Å². The van der Waals surface area contributed by atoms with E-state index in [2.05, 4.69) is 53.2 Å². The van der Waals surface area contributed by atoms with Gasteiger partial charge in [-0.2, -0.15) is 0 Å². The number of halogens is 1. The van der Waals surface area contributed by atoms with Crippen LogP contribution in [-0.2, 0) is 16.1 Å². The molecule has 1 aromatic carbocycles. The number of nitrogens with zero attached hydrogens (tertiary/aromatic N) is 3. The topological polar surface area (TPSA) is 57.2 Å². The van der Waals surface area contributed by atoms with Gasteiger partial charge in [0.15, 0.2) is 5.67 Å². The van der Waals surface area contributed by atoms with Crippen molar-refractivity contribution in [3.05, 3.63) is 47.5 Å². The van der Waals surface area contributed by atoms with Crippen LogP contribution in [0.1, 0.15) is 71.8 Å². The molecule has 0 aromatic heterocycles. The molecule has 6 nitrogen and oxygen atoms in total. The van der Waals surface area contributed by atoms with Crippen LogP contribution in [0.4, 0.5) is 4.39 Å². The number of rotatable bonds is 9. The van der Waals surface area contributed by atoms with Crippen LogP contribution in [0, 0.1) is 5.92 Å². The molecule has 0 aliphatic carbocycles. The fourth-order valence-electron chi connectivity index (χ4n) is 6.23. The van der Waals surface area contributed by atoms with Gasteiger partial charge in [0, 0.05) is 46.6 Å². The van der Waals surface area contributed by atoms with Crippen LogP contribution >= 0.6 is 0 Å². The number of aliphatic imine (C=N–C) groups is 1. The highest BCUT2D eigenvalue weighted by Crippen LogP contribution is 2.37. The molecule has 0 saturated carbocycles. The summed E-state index contributed by atoms with van der Waals surface area (Å²) < 4.78 is 21.2. The second-order valence-electron chi connectivity index (χ2n) is 11.3. The number of allylic oxidation sites excluding steroid dienone is 2. The number of likely N-dealkylation sites (tertiary alicyclic amines) is 1. The number of benzene rings is 1. The summed E-state index contributed by atoms with van der Waals surface area (Å²) in [6, 6.07) is 8.27. The van der Waals surface area contributed by atoms with Crippen molar-refractivity contribution in [2.45, 2.75) is 83.3 Å². The quantitative estimate of drug-likeness (QED) is 0.473. The number of hydrogen-bond acceptors (Lipinski definition) is 5. The monoisotopic (exact) mass is 514 g/mol. The van der Waals surface area contributed by atoms with Crippen molar-refractivity contribution < 1.29 is 15.3 Å². The third-order valence-corrected chi connectivity index (χ3v) is 8.79. The summed E-state index contributed by atoms with van der Waals surface area (Å²) in [5, 5.41) is 3.21. The number of hydrogen-bond donors (Lipinski definition) is 1. The number of carbonyl (C=O) groups is 1. The Labute approximate surface area is 223 Å². The SMILES string of the molecule is C/C=C\C(=N/C(CC)N1CCC(F)(C(=O)NC2(C)CCN3CCC2CC3)CC1)c1ccc(COC)cc1.[HH]. The van der Waals surface area contributed by atoms with Crippen molar-refractivity contribution in [1.29, 1.82) is 0 Å². The van der Waals surface area contributed by atoms with Crippen LogP contribution in [-0.4, -0.2) is 78.6 Å². The van der Waals surface area contributed by atoms with E-state index in [0.717, 1.165) is 62.2 Å². The molecule has 1 aromatic rings. The fraction of sp³-hybridized carbons (Fsp3) is 0.667. The maximum absolute atomic E-state index is 16.0. The van der Waals surface area contributed by atoms with Gasteiger partial charge in [-0.15, -0.1) is 0 Å². The molecule has 0 spiro atoms. The van der Waals surface area contributed by atoms with Crippen LogP contribution in [0.15, 0.2) is 41.4 Å². The van der Waals surface area contributed by atoms with Gasteiger partial charge in [0.25, 0.3) is 5.91 Å². The van der Waals surface area contributed by atoms with Crippen LogP contribution in [0.2, 0.25) is 0 Å². The summed E-state index contributed by atoms with van der Waals surface area (Å²) in [7, 11) is 1.69. The second kappa shape index (κ2) is 12.2. The molecule has 4 saturated heterocycles. The van der Waals surface area contributed by atoms with Crippen LogP contribution < -0.4 is 5.32 Å². The first-order valence-electron chi connectivity index (χ1n) is 14.1. The van der Waals surface area contributed by atoms with Gasteiger partial charge in [-0.05, 0) is 75.7 Å². The predicted molar refractivity (Wildman–Crippen MR) is 150 cm³/mol. The van der Waals surface area contributed by atoms with Gasteiger partial charge >= 0.3 is 0 Å². The number of methoxy groups -OCH3 is 1. The summed E-state index contributed by atoms with van der Waals surface area (Å²) in [5.74, 6) is 0.0311. The van der Waals surface area contributed by atoms with E-state index in [1.165, 1.54) is 0 Å². The summed E-state index contributed by atoms with van der Waals surface area (Å²) in [4.78, 5) is 23.1. The van der Waals surface area contributed by atoms with Gasteiger partial charge in [0.1, 0.15) is 6.17 Å². The number of alkyl halides is 1. The minimum Gasteiger partial charge on any atom is -0.380 e. The lowest BCUT2D eigenvalue weighted by Crippen LogP contribution is -2.59. The van der Waals surface area contributed by atoms with Crippen molar-refractivity contribution in [1.82, 2.24) is 15.1 Å². The van der Waals surface area contributed by atoms with Crippen molar-refractivity contribution in [2.75, 3.05) is 39.8 Å². The van der Waals surface area contributed by atoms with E-state index >= 15 is 4.39 Å². The zero-order chi connectivity index (χ0) is 26.5. The van der Waals surface area contributed by atoms with Crippen molar-refractivity contribution in [2.24, 2.45) is 10.9 Å². The van der Waals surface area contributed by atoms with Gasteiger partial charge < -0.3 is 15.0 Å². The molecule has 1 N–H and O–H groups in total. The molecule has 2 unspecified atom stereocenters. The molecule has 1 amide bonds. The molecule has 2 bridgehead atoms. The average Bonchev–Trinajstić information content (AvgIpc) is 3.16. The molecular weight excluding hydrogens is 467 g/mol. The first-order chi connectivity index (χ1) is 17.8. The number of nitrogens with one attached hydrogen (secondary N) is 1. The molecule has 4 aliphatic rings. The standard InChI is InChI=1S/C30H45FN4O2.H2/c1-5-7-26(24-10-8-23(9-11-24)22-37-4)32-27(6-2)35-20-15-30(31,16-21-35)28(36)33-29(3)14-19-34-17-12-25(29)13-18-34;/h5,7-11,25,27H,6,12-22H2,1-4H3,(H,33,36);1H/b7-5-,32-26+;. The van der Waals surface area contributed by atoms with E-state index in [1.807, 2.05) is 19.1 Å². The van der Waals surface area contributed by atoms with Crippen molar-refractivity contribution >= 4 is 11.6 Å². The number of amides is 1. The lowest BCUT2D eigenvalue weighted by atomic mass is 9.78. The molecular formula is C30H47FN4O2. The zero-order valence-electron chi connectivity index (χ0n) is 23.1. The van der Waals surface area contributed by atoms with Crippen molar-refractivity contribution in [3.8, 4) is 0 Å². The molecule has 4 heterocycles. The van der Waals surface area contributed by atoms with Gasteiger partial charge in [-0.25, -0.2) is 4.39 Å². The Balaban J connectivity index is 0.00000400. The molecule has 2 atom stereocenters. The highest BCUT2D eigenvalue weighted by Gasteiger charge is 2.47. The normalized spacial score (nSPS) is 29.3. The van der Waals surface area contributed by atoms with E-state index in [4.69, 9.17) is 9.73 Å². The summed E-state index contributed by atoms with van der Waals surface area (Å²) >= 11 is 0. The van der Waals surface area contributed by atoms with E-state index in [-0.39, 0.29) is 26.0 Å². The molecule has 5 rings (SSSR count). The first-order valence-corrected chi connectivity index (χ1v) is 14.1. The average molecular weight is 515 g/mol. The zero-order valence-corrected chi connectivity index (χ0v) is 23.1. The smallest absolute Gasteiger partial charge is 0.258 e. The maximum Gasteiger partial charge on any atom is 0.258 e. The second-order valence-corrected chi connectivity index (χ2v) is 11.3. The lowest BCUT2D eigenvalue weighted by molar-refractivity contribution is -0.139. The van der Waals surface area contributed by atoms with Gasteiger partial charge in [-0.3, -0.25) is 14.7 Å². The van der Waals surface area contributed by atoms with Crippen LogP contribution in [0.5, 0.6) is 0 Å². The molecule has 4 fully saturated rings. The van der Waals surface area contributed by atoms with Gasteiger partial charge in [0.2, 0.25) is 0 Å². The van der Waals surface area contributed by atoms with Crippen LogP contribution in [0.25, 0.3) is 0 Å². The number of ether oxygens (including phenoxy) is 1. The lowest BCUT2D eigenvalue weighted by Gasteiger charge is -2.42. The molecule has 0 radical (unpaired) electrons. The molecule has 4 aliphatic heterocycles. The Morgan fingerprint density at radius 1 is 1.19 bits per heavy atom. The largest absolute Gasteiger partial charge is 0.380 e. The minimum absolute atomic E-state index is 0. The fourth-order valence-corrected chi connectivity index (χ4v) is 6.23. The third-order valence-electron chi connectivity index (χ3n) is 8.79. The van der Waals surface area contributed by atoms with Crippen molar-refractivity contribution in [3.63, 3.8) is 0 Å². The number of piperidine rings is 2. The number of fused-ring (bicyclic) bond motifs is 4. The Morgan fingerprint density at radius 3 is 2.46 bits per heavy atom. The highest BCUT2D eigenvalue weighted by atomic mass is 19.1. The van der Waals surface area contributed by atoms with Crippen LogP contribution in [0.3, 0.4) is 0 Å². The van der Waals surface area contributed by atoms with E-state index in [9.17, 15) is 4.79 Å². The Bertz CT molecular complexity index is 969. The van der Waals surface area contributed by atoms with E-state index in [0.29, 0.717) is 25.6 Å². The molecule has 7 heteroatoms. The highest BCUT2D eigenvalue weighted by molar-refractivity contribution is 6.08. The van der Waals surface area contributed by atoms with E-state index < -0.39 is 11.6 Å². The number of carbonyl (C=O) groups excluding carboxylic acids is 1. The first kappa shape index (κ1) is 27.9. The molecule has 37 heavy (non-hydrogen) atoms. The van der Waals surface area contributed by atoms with Gasteiger partial charge in [-0.1, -0.05) is 37.3 Å². The predicted octanol–water partition coefficient (Wildman–Crippen LogP) is 4.98. The summed E-state index contributed by atoms with van der Waals surface area (Å²) in [5.41, 5.74) is 0.967. The Kier molecular flexibility index (Phi) is 9.20. The summed E-state index contributed by atoms with van der Waals surface area (Å²) in [6.07, 6.45) is 8.30. The maximum atomic E-state index is 16.0. The summed E-state index contributed by atoms with van der Waals surface area (Å²) in [6.45, 7) is 11.0. The Morgan fingerprint density at radius 2 is 1.86 bits per heavy atom. The third kappa shape index (κ3) is 6.50. The Hall–Kier alpha value is -2.09.